The first-order valence-electron chi connectivity index (χ1n) is 4.56. The first-order valence-corrected chi connectivity index (χ1v) is 5.73. The van der Waals surface area contributed by atoms with E-state index >= 15 is 0 Å². The number of rotatable bonds is 1. The highest BCUT2D eigenvalue weighted by molar-refractivity contribution is 9.10. The van der Waals surface area contributed by atoms with Gasteiger partial charge in [-0.05, 0) is 28.1 Å². The average Bonchev–Trinajstić information content (AvgIpc) is 2.29. The molecule has 17 heavy (non-hydrogen) atoms. The molecule has 0 atom stereocenters. The summed E-state index contributed by atoms with van der Waals surface area (Å²) in [5.74, 6) is -1.01. The number of pyridine rings is 1. The molecule has 0 spiro atoms. The maximum Gasteiger partial charge on any atom is 0.338 e. The van der Waals surface area contributed by atoms with E-state index in [9.17, 15) is 9.18 Å². The minimum Gasteiger partial charge on any atom is -0.465 e. The zero-order valence-corrected chi connectivity index (χ0v) is 11.0. The van der Waals surface area contributed by atoms with Crippen molar-refractivity contribution in [3.63, 3.8) is 0 Å². The van der Waals surface area contributed by atoms with Crippen molar-refractivity contribution < 1.29 is 13.9 Å². The maximum atomic E-state index is 13.3. The topological polar surface area (TPSA) is 39.2 Å². The standard InChI is InChI=1S/C11H6BrClFNO2/c1-17-11(16)6-3-10(13)15-9-4-8(14)7(12)2-5(6)9/h2-4H,1H3. The molecular formula is C11H6BrClFNO2. The highest BCUT2D eigenvalue weighted by Crippen LogP contribution is 2.27. The molecule has 0 N–H and O–H groups in total. The molecule has 88 valence electrons. The summed E-state index contributed by atoms with van der Waals surface area (Å²) in [6, 6.07) is 4.07. The fourth-order valence-corrected chi connectivity index (χ4v) is 2.01. The summed E-state index contributed by atoms with van der Waals surface area (Å²) in [7, 11) is 1.26. The molecule has 0 saturated carbocycles. The third kappa shape index (κ3) is 2.25. The van der Waals surface area contributed by atoms with Crippen LogP contribution in [0.3, 0.4) is 0 Å². The zero-order valence-electron chi connectivity index (χ0n) is 8.63. The summed E-state index contributed by atoms with van der Waals surface area (Å²) in [5, 5.41) is 0.592. The van der Waals surface area contributed by atoms with Gasteiger partial charge in [-0.2, -0.15) is 0 Å². The van der Waals surface area contributed by atoms with E-state index in [0.717, 1.165) is 0 Å². The first kappa shape index (κ1) is 12.3. The molecule has 2 aromatic rings. The van der Waals surface area contributed by atoms with Gasteiger partial charge in [0.15, 0.2) is 0 Å². The largest absolute Gasteiger partial charge is 0.465 e. The van der Waals surface area contributed by atoms with Crippen LogP contribution in [0.1, 0.15) is 10.4 Å². The minimum absolute atomic E-state index is 0.111. The molecule has 0 aliphatic carbocycles. The molecule has 3 nitrogen and oxygen atoms in total. The van der Waals surface area contributed by atoms with E-state index in [4.69, 9.17) is 11.6 Å². The number of methoxy groups -OCH3 is 1. The number of carbonyl (C=O) groups excluding carboxylic acids is 1. The number of carbonyl (C=O) groups is 1. The second-order valence-corrected chi connectivity index (χ2v) is 4.51. The quantitative estimate of drug-likeness (QED) is 0.596. The number of nitrogens with zero attached hydrogens (tertiary/aromatic N) is 1. The number of fused-ring (bicyclic) bond motifs is 1. The van der Waals surface area contributed by atoms with Crippen LogP contribution in [0.5, 0.6) is 0 Å². The summed E-state index contributed by atoms with van der Waals surface area (Å²) < 4.78 is 18.2. The van der Waals surface area contributed by atoms with Crippen molar-refractivity contribution in [1.82, 2.24) is 4.98 Å². The average molecular weight is 319 g/mol. The number of benzene rings is 1. The van der Waals surface area contributed by atoms with Gasteiger partial charge in [0.1, 0.15) is 11.0 Å². The van der Waals surface area contributed by atoms with E-state index in [0.29, 0.717) is 10.9 Å². The van der Waals surface area contributed by atoms with Crippen LogP contribution < -0.4 is 0 Å². The third-order valence-electron chi connectivity index (χ3n) is 2.22. The van der Waals surface area contributed by atoms with Gasteiger partial charge in [-0.15, -0.1) is 0 Å². The molecular weight excluding hydrogens is 312 g/mol. The lowest BCUT2D eigenvalue weighted by Gasteiger charge is -2.06. The monoisotopic (exact) mass is 317 g/mol. The predicted molar refractivity (Wildman–Crippen MR) is 65.8 cm³/mol. The van der Waals surface area contributed by atoms with Crippen LogP contribution in [-0.2, 0) is 4.74 Å². The lowest BCUT2D eigenvalue weighted by Crippen LogP contribution is -2.03. The fourth-order valence-electron chi connectivity index (χ4n) is 1.47. The van der Waals surface area contributed by atoms with Gasteiger partial charge < -0.3 is 4.74 Å². The summed E-state index contributed by atoms with van der Waals surface area (Å²) in [6.45, 7) is 0. The summed E-state index contributed by atoms with van der Waals surface area (Å²) in [5.41, 5.74) is 0.557. The summed E-state index contributed by atoms with van der Waals surface area (Å²) in [6.07, 6.45) is 0. The maximum absolute atomic E-state index is 13.3. The molecule has 0 radical (unpaired) electrons. The minimum atomic E-state index is -0.544. The second-order valence-electron chi connectivity index (χ2n) is 3.27. The lowest BCUT2D eigenvalue weighted by atomic mass is 10.1. The van der Waals surface area contributed by atoms with E-state index in [1.54, 1.807) is 0 Å². The van der Waals surface area contributed by atoms with Crippen molar-refractivity contribution >= 4 is 44.4 Å². The third-order valence-corrected chi connectivity index (χ3v) is 3.03. The van der Waals surface area contributed by atoms with Crippen LogP contribution in [0.4, 0.5) is 4.39 Å². The van der Waals surface area contributed by atoms with Crippen molar-refractivity contribution in [1.29, 1.82) is 0 Å². The second kappa shape index (κ2) is 4.58. The van der Waals surface area contributed by atoms with E-state index in [2.05, 4.69) is 25.7 Å². The van der Waals surface area contributed by atoms with Crippen LogP contribution in [-0.4, -0.2) is 18.1 Å². The number of halogens is 3. The van der Waals surface area contributed by atoms with E-state index in [-0.39, 0.29) is 15.2 Å². The molecule has 1 heterocycles. The van der Waals surface area contributed by atoms with Gasteiger partial charge in [-0.1, -0.05) is 11.6 Å². The molecule has 0 aliphatic heterocycles. The number of esters is 1. The number of hydrogen-bond acceptors (Lipinski definition) is 3. The Balaban J connectivity index is 2.83. The van der Waals surface area contributed by atoms with Gasteiger partial charge in [0.2, 0.25) is 0 Å². The molecule has 0 saturated heterocycles. The highest BCUT2D eigenvalue weighted by atomic mass is 79.9. The van der Waals surface area contributed by atoms with Crippen molar-refractivity contribution in [2.45, 2.75) is 0 Å². The Kier molecular flexibility index (Phi) is 3.31. The van der Waals surface area contributed by atoms with Crippen LogP contribution in [0, 0.1) is 5.82 Å². The normalized spacial score (nSPS) is 10.6. The molecule has 1 aromatic carbocycles. The van der Waals surface area contributed by atoms with Crippen LogP contribution in [0.15, 0.2) is 22.7 Å². The molecule has 2 rings (SSSR count). The molecule has 0 bridgehead atoms. The van der Waals surface area contributed by atoms with Gasteiger partial charge in [-0.3, -0.25) is 0 Å². The summed E-state index contributed by atoms with van der Waals surface area (Å²) in [4.78, 5) is 15.5. The van der Waals surface area contributed by atoms with Crippen molar-refractivity contribution in [3.8, 4) is 0 Å². The van der Waals surface area contributed by atoms with Gasteiger partial charge in [0.05, 0.1) is 22.7 Å². The molecule has 0 unspecified atom stereocenters. The van der Waals surface area contributed by atoms with E-state index in [1.807, 2.05) is 0 Å². The van der Waals surface area contributed by atoms with E-state index in [1.165, 1.54) is 25.3 Å². The van der Waals surface area contributed by atoms with Crippen LogP contribution >= 0.6 is 27.5 Å². The fraction of sp³-hybridized carbons (Fsp3) is 0.0909. The highest BCUT2D eigenvalue weighted by Gasteiger charge is 2.14. The molecule has 1 aromatic heterocycles. The smallest absolute Gasteiger partial charge is 0.338 e. The molecule has 0 amide bonds. The molecule has 0 aliphatic rings. The zero-order chi connectivity index (χ0) is 12.6. The number of ether oxygens (including phenoxy) is 1. The Morgan fingerprint density at radius 3 is 2.82 bits per heavy atom. The van der Waals surface area contributed by atoms with Crippen molar-refractivity contribution in [2.75, 3.05) is 7.11 Å². The Morgan fingerprint density at radius 1 is 1.47 bits per heavy atom. The van der Waals surface area contributed by atoms with Gasteiger partial charge in [-0.25, -0.2) is 14.2 Å². The van der Waals surface area contributed by atoms with Crippen LogP contribution in [0.25, 0.3) is 10.9 Å². The SMILES string of the molecule is COC(=O)c1cc(Cl)nc2cc(F)c(Br)cc12. The predicted octanol–water partition coefficient (Wildman–Crippen LogP) is 3.58. The van der Waals surface area contributed by atoms with Crippen molar-refractivity contribution in [2.24, 2.45) is 0 Å². The Morgan fingerprint density at radius 2 is 2.18 bits per heavy atom. The lowest BCUT2D eigenvalue weighted by molar-refractivity contribution is 0.0603. The van der Waals surface area contributed by atoms with Crippen LogP contribution in [0.2, 0.25) is 5.15 Å². The summed E-state index contributed by atoms with van der Waals surface area (Å²) >= 11 is 8.82. The Bertz CT molecular complexity index is 618. The van der Waals surface area contributed by atoms with Crippen molar-refractivity contribution in [3.05, 3.63) is 39.2 Å². The van der Waals surface area contributed by atoms with E-state index < -0.39 is 11.8 Å². The van der Waals surface area contributed by atoms with Gasteiger partial charge in [0, 0.05) is 11.5 Å². The van der Waals surface area contributed by atoms with Gasteiger partial charge >= 0.3 is 5.97 Å². The Hall–Kier alpha value is -1.20. The number of hydrogen-bond donors (Lipinski definition) is 0. The molecule has 0 fully saturated rings. The Labute approximate surface area is 110 Å². The number of aromatic nitrogens is 1. The van der Waals surface area contributed by atoms with Gasteiger partial charge in [0.25, 0.3) is 0 Å². The molecule has 6 heteroatoms. The first-order chi connectivity index (χ1) is 8.02.